The summed E-state index contributed by atoms with van der Waals surface area (Å²) in [4.78, 5) is 14.1. The lowest BCUT2D eigenvalue weighted by Crippen LogP contribution is -2.30. The zero-order chi connectivity index (χ0) is 15.6. The number of thioether (sulfide) groups is 1. The summed E-state index contributed by atoms with van der Waals surface area (Å²) in [6, 6.07) is 4.08. The highest BCUT2D eigenvalue weighted by Crippen LogP contribution is 2.39. The average Bonchev–Trinajstić information content (AvgIpc) is 2.45. The molecule has 5 heteroatoms. The molecule has 0 unspecified atom stereocenters. The maximum Gasteiger partial charge on any atom is 0.336 e. The van der Waals surface area contributed by atoms with Crippen molar-refractivity contribution in [2.24, 2.45) is 0 Å². The van der Waals surface area contributed by atoms with Crippen LogP contribution < -0.4 is 4.90 Å². The van der Waals surface area contributed by atoms with Crippen LogP contribution in [0.15, 0.2) is 22.7 Å². The number of halogens is 1. The van der Waals surface area contributed by atoms with E-state index in [9.17, 15) is 4.79 Å². The molecule has 1 heterocycles. The van der Waals surface area contributed by atoms with Gasteiger partial charge in [0.05, 0.1) is 28.4 Å². The van der Waals surface area contributed by atoms with E-state index >= 15 is 0 Å². The van der Waals surface area contributed by atoms with E-state index in [-0.39, 0.29) is 5.97 Å². The number of aryl methyl sites for hydroxylation is 2. The average molecular weight is 326 g/mol. The first-order valence-corrected chi connectivity index (χ1v) is 8.49. The number of benzene rings is 1. The molecule has 1 aliphatic rings. The van der Waals surface area contributed by atoms with E-state index in [1.54, 1.807) is 11.8 Å². The van der Waals surface area contributed by atoms with Crippen LogP contribution in [0, 0.1) is 13.8 Å². The standard InChI is InChI=1S/C16H20ClNO2S/c1-10-8-11(2)14(13(17)9-10)18-7-5-6-12(15(18)21-4)16(19)20-3/h8-9H,5-7H2,1-4H3. The topological polar surface area (TPSA) is 29.5 Å². The van der Waals surface area contributed by atoms with E-state index in [1.165, 1.54) is 7.11 Å². The Labute approximate surface area is 135 Å². The van der Waals surface area contributed by atoms with Crippen molar-refractivity contribution in [2.45, 2.75) is 26.7 Å². The van der Waals surface area contributed by atoms with E-state index in [4.69, 9.17) is 16.3 Å². The molecule has 21 heavy (non-hydrogen) atoms. The lowest BCUT2D eigenvalue weighted by molar-refractivity contribution is -0.136. The molecule has 1 aromatic rings. The number of anilines is 1. The first-order chi connectivity index (χ1) is 9.99. The summed E-state index contributed by atoms with van der Waals surface area (Å²) in [6.07, 6.45) is 3.65. The van der Waals surface area contributed by atoms with E-state index in [0.29, 0.717) is 0 Å². The van der Waals surface area contributed by atoms with Gasteiger partial charge in [0.25, 0.3) is 0 Å². The van der Waals surface area contributed by atoms with Gasteiger partial charge in [0, 0.05) is 6.54 Å². The maximum atomic E-state index is 12.0. The number of methoxy groups -OCH3 is 1. The fourth-order valence-electron chi connectivity index (χ4n) is 2.79. The van der Waals surface area contributed by atoms with Gasteiger partial charge in [-0.1, -0.05) is 17.7 Å². The molecule has 1 aromatic carbocycles. The normalized spacial score (nSPS) is 15.4. The number of esters is 1. The van der Waals surface area contributed by atoms with Crippen molar-refractivity contribution in [3.8, 4) is 0 Å². The quantitative estimate of drug-likeness (QED) is 0.775. The monoisotopic (exact) mass is 325 g/mol. The third-order valence-corrected chi connectivity index (χ3v) is 4.75. The van der Waals surface area contributed by atoms with Gasteiger partial charge in [0.15, 0.2) is 0 Å². The fraction of sp³-hybridized carbons (Fsp3) is 0.438. The second-order valence-corrected chi connectivity index (χ2v) is 6.35. The number of carbonyl (C=O) groups excluding carboxylic acids is 1. The Kier molecular flexibility index (Phi) is 5.22. The molecule has 0 amide bonds. The fourth-order valence-corrected chi connectivity index (χ4v) is 4.05. The summed E-state index contributed by atoms with van der Waals surface area (Å²) in [6.45, 7) is 4.95. The minimum absolute atomic E-state index is 0.245. The van der Waals surface area contributed by atoms with Crippen molar-refractivity contribution >= 4 is 35.0 Å². The Morgan fingerprint density at radius 3 is 2.67 bits per heavy atom. The van der Waals surface area contributed by atoms with Crippen LogP contribution in [0.1, 0.15) is 24.0 Å². The summed E-state index contributed by atoms with van der Waals surface area (Å²) in [5.74, 6) is -0.245. The first-order valence-electron chi connectivity index (χ1n) is 6.89. The number of hydrogen-bond acceptors (Lipinski definition) is 4. The third kappa shape index (κ3) is 3.22. The van der Waals surface area contributed by atoms with Crippen LogP contribution in [-0.4, -0.2) is 25.9 Å². The van der Waals surface area contributed by atoms with Gasteiger partial charge in [-0.05, 0) is 50.1 Å². The van der Waals surface area contributed by atoms with Gasteiger partial charge in [0.1, 0.15) is 0 Å². The van der Waals surface area contributed by atoms with Crippen molar-refractivity contribution in [1.82, 2.24) is 0 Å². The van der Waals surface area contributed by atoms with Gasteiger partial charge in [-0.25, -0.2) is 4.79 Å². The smallest absolute Gasteiger partial charge is 0.336 e. The lowest BCUT2D eigenvalue weighted by Gasteiger charge is -2.33. The molecule has 0 atom stereocenters. The summed E-state index contributed by atoms with van der Waals surface area (Å²) < 4.78 is 4.92. The van der Waals surface area contributed by atoms with E-state index < -0.39 is 0 Å². The molecule has 3 nitrogen and oxygen atoms in total. The number of rotatable bonds is 3. The second kappa shape index (κ2) is 6.75. The molecule has 1 aliphatic heterocycles. The molecule has 0 fully saturated rings. The molecule has 2 rings (SSSR count). The van der Waals surface area contributed by atoms with E-state index in [1.807, 2.05) is 19.2 Å². The highest BCUT2D eigenvalue weighted by atomic mass is 35.5. The van der Waals surface area contributed by atoms with Gasteiger partial charge < -0.3 is 9.64 Å². The molecule has 0 aliphatic carbocycles. The van der Waals surface area contributed by atoms with Crippen LogP contribution in [0.2, 0.25) is 5.02 Å². The maximum absolute atomic E-state index is 12.0. The van der Waals surface area contributed by atoms with Crippen molar-refractivity contribution in [1.29, 1.82) is 0 Å². The summed E-state index contributed by atoms with van der Waals surface area (Å²) >= 11 is 8.03. The van der Waals surface area contributed by atoms with Gasteiger partial charge >= 0.3 is 5.97 Å². The van der Waals surface area contributed by atoms with E-state index in [2.05, 4.69) is 17.9 Å². The van der Waals surface area contributed by atoms with Crippen molar-refractivity contribution in [3.05, 3.63) is 38.9 Å². The van der Waals surface area contributed by atoms with Crippen molar-refractivity contribution in [2.75, 3.05) is 24.8 Å². The molecular formula is C16H20ClNO2S. The zero-order valence-electron chi connectivity index (χ0n) is 12.8. The SMILES string of the molecule is COC(=O)C1=C(SC)N(c2c(C)cc(C)cc2Cl)CCC1. The van der Waals surface area contributed by atoms with Gasteiger partial charge in [-0.3, -0.25) is 0 Å². The third-order valence-electron chi connectivity index (χ3n) is 3.61. The van der Waals surface area contributed by atoms with Gasteiger partial charge in [0.2, 0.25) is 0 Å². The van der Waals surface area contributed by atoms with Crippen molar-refractivity contribution in [3.63, 3.8) is 0 Å². The Balaban J connectivity index is 2.55. The largest absolute Gasteiger partial charge is 0.466 e. The summed E-state index contributed by atoms with van der Waals surface area (Å²) in [5.41, 5.74) is 4.00. The molecule has 0 spiro atoms. The minimum atomic E-state index is -0.245. The van der Waals surface area contributed by atoms with Crippen LogP contribution in [-0.2, 0) is 9.53 Å². The number of hydrogen-bond donors (Lipinski definition) is 0. The Morgan fingerprint density at radius 2 is 2.10 bits per heavy atom. The molecule has 0 bridgehead atoms. The van der Waals surface area contributed by atoms with Crippen LogP contribution in [0.3, 0.4) is 0 Å². The number of carbonyl (C=O) groups is 1. The Morgan fingerprint density at radius 1 is 1.38 bits per heavy atom. The second-order valence-electron chi connectivity index (χ2n) is 5.15. The number of ether oxygens (including phenoxy) is 1. The predicted octanol–water partition coefficient (Wildman–Crippen LogP) is 4.30. The molecule has 0 aromatic heterocycles. The zero-order valence-corrected chi connectivity index (χ0v) is 14.4. The highest BCUT2D eigenvalue weighted by molar-refractivity contribution is 8.02. The Hall–Kier alpha value is -1.13. The summed E-state index contributed by atoms with van der Waals surface area (Å²) in [7, 11) is 1.43. The Bertz CT molecular complexity index is 575. The van der Waals surface area contributed by atoms with Crippen LogP contribution in [0.4, 0.5) is 5.69 Å². The van der Waals surface area contributed by atoms with Gasteiger partial charge in [-0.2, -0.15) is 0 Å². The van der Waals surface area contributed by atoms with Crippen LogP contribution in [0.5, 0.6) is 0 Å². The van der Waals surface area contributed by atoms with Crippen LogP contribution >= 0.6 is 23.4 Å². The molecule has 0 radical (unpaired) electrons. The first kappa shape index (κ1) is 16.2. The van der Waals surface area contributed by atoms with Gasteiger partial charge in [-0.15, -0.1) is 11.8 Å². The molecule has 114 valence electrons. The minimum Gasteiger partial charge on any atom is -0.466 e. The molecule has 0 saturated carbocycles. The van der Waals surface area contributed by atoms with E-state index in [0.717, 1.165) is 51.8 Å². The molecule has 0 N–H and O–H groups in total. The van der Waals surface area contributed by atoms with Crippen LogP contribution in [0.25, 0.3) is 0 Å². The number of nitrogens with zero attached hydrogens (tertiary/aromatic N) is 1. The van der Waals surface area contributed by atoms with Crippen molar-refractivity contribution < 1.29 is 9.53 Å². The lowest BCUT2D eigenvalue weighted by atomic mass is 10.0. The highest BCUT2D eigenvalue weighted by Gasteiger charge is 2.27. The summed E-state index contributed by atoms with van der Waals surface area (Å²) in [5, 5.41) is 1.67. The molecule has 0 saturated heterocycles. The molecular weight excluding hydrogens is 306 g/mol. The predicted molar refractivity (Wildman–Crippen MR) is 90.1 cm³/mol.